The molecule has 1 aliphatic heterocycles. The van der Waals surface area contributed by atoms with Gasteiger partial charge in [0.25, 0.3) is 0 Å². The Hall–Kier alpha value is -1.07. The van der Waals surface area contributed by atoms with Crippen molar-refractivity contribution < 1.29 is 18.3 Å². The van der Waals surface area contributed by atoms with Crippen molar-refractivity contribution in [3.05, 3.63) is 23.8 Å². The lowest BCUT2D eigenvalue weighted by molar-refractivity contribution is 0.0567. The minimum absolute atomic E-state index is 0.0633. The van der Waals surface area contributed by atoms with E-state index < -0.39 is 21.4 Å². The third-order valence-corrected chi connectivity index (χ3v) is 4.97. The van der Waals surface area contributed by atoms with Gasteiger partial charge in [0.05, 0.1) is 23.4 Å². The second-order valence-corrected chi connectivity index (χ2v) is 6.86. The van der Waals surface area contributed by atoms with Crippen LogP contribution in [0.2, 0.25) is 0 Å². The Morgan fingerprint density at radius 1 is 1.41 bits per heavy atom. The van der Waals surface area contributed by atoms with Gasteiger partial charge in [0.15, 0.2) is 9.84 Å². The molecule has 1 aromatic carbocycles. The van der Waals surface area contributed by atoms with Crippen LogP contribution in [0.25, 0.3) is 0 Å². The van der Waals surface area contributed by atoms with Crippen molar-refractivity contribution in [2.75, 3.05) is 12.9 Å². The van der Waals surface area contributed by atoms with Gasteiger partial charge in [-0.2, -0.15) is 0 Å². The van der Waals surface area contributed by atoms with Crippen molar-refractivity contribution in [2.45, 2.75) is 30.3 Å². The first-order chi connectivity index (χ1) is 7.77. The number of benzene rings is 1. The molecule has 0 saturated heterocycles. The summed E-state index contributed by atoms with van der Waals surface area (Å²) in [4.78, 5) is 0.281. The molecule has 17 heavy (non-hydrogen) atoms. The molecule has 94 valence electrons. The summed E-state index contributed by atoms with van der Waals surface area (Å²) in [6.07, 6.45) is 0. The van der Waals surface area contributed by atoms with E-state index >= 15 is 0 Å². The minimum atomic E-state index is -3.31. The lowest BCUT2D eigenvalue weighted by Gasteiger charge is -2.26. The predicted molar refractivity (Wildman–Crippen MR) is 64.1 cm³/mol. The highest BCUT2D eigenvalue weighted by molar-refractivity contribution is 7.91. The maximum absolute atomic E-state index is 12.0. The number of hydrogen-bond acceptors (Lipinski definition) is 4. The Bertz CT molecular complexity index is 540. The fourth-order valence-corrected chi connectivity index (χ4v) is 4.32. The molecule has 0 radical (unpaired) electrons. The van der Waals surface area contributed by atoms with E-state index in [1.807, 2.05) is 0 Å². The highest BCUT2D eigenvalue weighted by Crippen LogP contribution is 2.45. The highest BCUT2D eigenvalue weighted by Gasteiger charge is 2.44. The van der Waals surface area contributed by atoms with Crippen LogP contribution in [0.1, 0.15) is 25.3 Å². The maximum atomic E-state index is 12.0. The molecule has 1 aliphatic rings. The van der Waals surface area contributed by atoms with E-state index in [-0.39, 0.29) is 10.6 Å². The summed E-state index contributed by atoms with van der Waals surface area (Å²) < 4.78 is 29.2. The first-order valence-electron chi connectivity index (χ1n) is 5.39. The second-order valence-electron chi connectivity index (χ2n) is 4.86. The Kier molecular flexibility index (Phi) is 2.71. The van der Waals surface area contributed by atoms with Crippen molar-refractivity contribution in [1.82, 2.24) is 0 Å². The van der Waals surface area contributed by atoms with Crippen molar-refractivity contribution in [1.29, 1.82) is 0 Å². The summed E-state index contributed by atoms with van der Waals surface area (Å²) in [5.41, 5.74) is -0.491. The van der Waals surface area contributed by atoms with Gasteiger partial charge in [0, 0.05) is 11.5 Å². The highest BCUT2D eigenvalue weighted by atomic mass is 32.2. The molecule has 2 rings (SSSR count). The van der Waals surface area contributed by atoms with E-state index in [0.29, 0.717) is 11.3 Å². The predicted octanol–water partition coefficient (Wildman–Crippen LogP) is 1.34. The summed E-state index contributed by atoms with van der Waals surface area (Å²) in [5, 5.41) is 10.1. The smallest absolute Gasteiger partial charge is 0.179 e. The Balaban J connectivity index is 2.71. The number of methoxy groups -OCH3 is 1. The summed E-state index contributed by atoms with van der Waals surface area (Å²) in [6.45, 7) is 3.24. The molecule has 0 aromatic heterocycles. The van der Waals surface area contributed by atoms with Crippen LogP contribution in [0.3, 0.4) is 0 Å². The SMILES string of the molecule is COc1cccc2c1C(C(C)(C)O)CS2(=O)=O. The molecule has 1 N–H and O–H groups in total. The first kappa shape index (κ1) is 12.4. The zero-order valence-corrected chi connectivity index (χ0v) is 10.9. The van der Waals surface area contributed by atoms with Crippen LogP contribution < -0.4 is 4.74 Å². The quantitative estimate of drug-likeness (QED) is 0.867. The number of ether oxygens (including phenoxy) is 1. The lowest BCUT2D eigenvalue weighted by atomic mass is 9.86. The molecule has 0 aliphatic carbocycles. The van der Waals surface area contributed by atoms with E-state index in [0.717, 1.165) is 0 Å². The normalized spacial score (nSPS) is 22.2. The van der Waals surface area contributed by atoms with E-state index in [1.54, 1.807) is 32.0 Å². The standard InChI is InChI=1S/C12H16O4S/c1-12(2,13)8-7-17(14,15)10-6-4-5-9(16-3)11(8)10/h4-6,8,13H,7H2,1-3H3. The lowest BCUT2D eigenvalue weighted by Crippen LogP contribution is -2.30. The third-order valence-electron chi connectivity index (χ3n) is 3.17. The molecule has 1 unspecified atom stereocenters. The Morgan fingerprint density at radius 2 is 2.06 bits per heavy atom. The van der Waals surface area contributed by atoms with Crippen molar-refractivity contribution >= 4 is 9.84 Å². The van der Waals surface area contributed by atoms with E-state index in [4.69, 9.17) is 4.74 Å². The average Bonchev–Trinajstić information content (AvgIpc) is 2.51. The fraction of sp³-hybridized carbons (Fsp3) is 0.500. The molecule has 0 fully saturated rings. The van der Waals surface area contributed by atoms with Gasteiger partial charge in [-0.25, -0.2) is 8.42 Å². The molecule has 1 atom stereocenters. The molecule has 0 saturated carbocycles. The van der Waals surface area contributed by atoms with Gasteiger partial charge >= 0.3 is 0 Å². The van der Waals surface area contributed by atoms with Crippen LogP contribution in [-0.4, -0.2) is 32.0 Å². The summed E-state index contributed by atoms with van der Waals surface area (Å²) in [5.74, 6) is 0.0148. The molecule has 1 aromatic rings. The maximum Gasteiger partial charge on any atom is 0.179 e. The van der Waals surface area contributed by atoms with Crippen LogP contribution in [0.15, 0.2) is 23.1 Å². The van der Waals surface area contributed by atoms with Crippen molar-refractivity contribution in [3.63, 3.8) is 0 Å². The summed E-state index contributed by atoms with van der Waals surface area (Å²) >= 11 is 0. The number of hydrogen-bond donors (Lipinski definition) is 1. The van der Waals surface area contributed by atoms with Crippen LogP contribution in [-0.2, 0) is 9.84 Å². The molecule has 1 heterocycles. The van der Waals surface area contributed by atoms with Gasteiger partial charge in [-0.3, -0.25) is 0 Å². The van der Waals surface area contributed by atoms with Gasteiger partial charge in [-0.1, -0.05) is 6.07 Å². The summed E-state index contributed by atoms with van der Waals surface area (Å²) in [7, 11) is -1.81. The topological polar surface area (TPSA) is 63.6 Å². The van der Waals surface area contributed by atoms with Crippen LogP contribution in [0, 0.1) is 0 Å². The number of sulfone groups is 1. The van der Waals surface area contributed by atoms with Crippen LogP contribution in [0.4, 0.5) is 0 Å². The van der Waals surface area contributed by atoms with Gasteiger partial charge in [-0.05, 0) is 26.0 Å². The van der Waals surface area contributed by atoms with Gasteiger partial charge in [0.2, 0.25) is 0 Å². The molecule has 4 nitrogen and oxygen atoms in total. The van der Waals surface area contributed by atoms with Crippen LogP contribution in [0.5, 0.6) is 5.75 Å². The largest absolute Gasteiger partial charge is 0.496 e. The Morgan fingerprint density at radius 3 is 2.59 bits per heavy atom. The molecule has 5 heteroatoms. The van der Waals surface area contributed by atoms with E-state index in [1.165, 1.54) is 7.11 Å². The van der Waals surface area contributed by atoms with Crippen molar-refractivity contribution in [3.8, 4) is 5.75 Å². The second kappa shape index (κ2) is 3.71. The zero-order chi connectivity index (χ0) is 12.8. The van der Waals surface area contributed by atoms with E-state index in [2.05, 4.69) is 0 Å². The molecular weight excluding hydrogens is 240 g/mol. The average molecular weight is 256 g/mol. The third kappa shape index (κ3) is 1.93. The van der Waals surface area contributed by atoms with Gasteiger partial charge in [-0.15, -0.1) is 0 Å². The molecular formula is C12H16O4S. The van der Waals surface area contributed by atoms with Crippen molar-refractivity contribution in [2.24, 2.45) is 0 Å². The first-order valence-corrected chi connectivity index (χ1v) is 7.04. The molecule has 0 amide bonds. The number of aliphatic hydroxyl groups is 1. The molecule has 0 bridgehead atoms. The monoisotopic (exact) mass is 256 g/mol. The number of rotatable bonds is 2. The van der Waals surface area contributed by atoms with Gasteiger partial charge < -0.3 is 9.84 Å². The summed E-state index contributed by atoms with van der Waals surface area (Å²) in [6, 6.07) is 4.94. The zero-order valence-electron chi connectivity index (χ0n) is 10.1. The van der Waals surface area contributed by atoms with E-state index in [9.17, 15) is 13.5 Å². The molecule has 0 spiro atoms. The van der Waals surface area contributed by atoms with Crippen LogP contribution >= 0.6 is 0 Å². The minimum Gasteiger partial charge on any atom is -0.496 e. The van der Waals surface area contributed by atoms with Gasteiger partial charge in [0.1, 0.15) is 5.75 Å². The number of fused-ring (bicyclic) bond motifs is 1. The Labute approximate surface area is 101 Å². The fourth-order valence-electron chi connectivity index (χ4n) is 2.27.